The van der Waals surface area contributed by atoms with Crippen LogP contribution < -0.4 is 0 Å². The second-order valence-corrected chi connectivity index (χ2v) is 12.0. The maximum absolute atomic E-state index is 11.5. The Labute approximate surface area is 198 Å². The van der Waals surface area contributed by atoms with Gasteiger partial charge in [0.15, 0.2) is 0 Å². The third-order valence-electron chi connectivity index (χ3n) is 10.1. The molecule has 3 heterocycles. The Morgan fingerprint density at radius 3 is 2.58 bits per heavy atom. The number of benzene rings is 1. The molecule has 4 fully saturated rings. The Hall–Kier alpha value is -1.81. The number of nitrogens with zero attached hydrogens (tertiary/aromatic N) is 2. The highest BCUT2D eigenvalue weighted by atomic mass is 16.4. The normalized spacial score (nSPS) is 39.0. The molecular formula is C29H40N2O2. The second kappa shape index (κ2) is 8.45. The van der Waals surface area contributed by atoms with Gasteiger partial charge in [-0.1, -0.05) is 44.9 Å². The number of aliphatic carboxylic acids is 1. The molecule has 4 nitrogen and oxygen atoms in total. The molecule has 8 atom stereocenters. The number of carboxylic acid groups (broad SMARTS) is 1. The van der Waals surface area contributed by atoms with Crippen molar-refractivity contribution in [3.05, 3.63) is 36.0 Å². The van der Waals surface area contributed by atoms with Gasteiger partial charge < -0.3 is 9.67 Å². The average Bonchev–Trinajstić information content (AvgIpc) is 3.16. The lowest BCUT2D eigenvalue weighted by molar-refractivity contribution is -0.136. The number of fused-ring (bicyclic) bond motifs is 5. The predicted octanol–water partition coefficient (Wildman–Crippen LogP) is 6.29. The van der Waals surface area contributed by atoms with Gasteiger partial charge in [-0.2, -0.15) is 0 Å². The summed E-state index contributed by atoms with van der Waals surface area (Å²) in [6.07, 6.45) is 14.7. The van der Waals surface area contributed by atoms with Gasteiger partial charge in [-0.15, -0.1) is 0 Å². The number of carboxylic acids is 1. The highest BCUT2D eigenvalue weighted by Crippen LogP contribution is 2.50. The minimum Gasteiger partial charge on any atom is -0.481 e. The van der Waals surface area contributed by atoms with Gasteiger partial charge in [0.2, 0.25) is 0 Å². The molecule has 2 saturated heterocycles. The molecule has 178 valence electrons. The van der Waals surface area contributed by atoms with Gasteiger partial charge in [0.05, 0.1) is 6.42 Å². The van der Waals surface area contributed by atoms with Crippen molar-refractivity contribution < 1.29 is 9.90 Å². The number of hydrogen-bond acceptors (Lipinski definition) is 2. The zero-order valence-electron chi connectivity index (χ0n) is 20.3. The predicted molar refractivity (Wildman–Crippen MR) is 132 cm³/mol. The van der Waals surface area contributed by atoms with E-state index >= 15 is 0 Å². The third-order valence-corrected chi connectivity index (χ3v) is 10.1. The van der Waals surface area contributed by atoms with E-state index in [4.69, 9.17) is 0 Å². The smallest absolute Gasteiger partial charge is 0.307 e. The number of para-hydroxylation sites is 1. The molecule has 0 spiro atoms. The van der Waals surface area contributed by atoms with Gasteiger partial charge in [0, 0.05) is 41.3 Å². The summed E-state index contributed by atoms with van der Waals surface area (Å²) in [5, 5.41) is 10.6. The minimum absolute atomic E-state index is 0.110. The summed E-state index contributed by atoms with van der Waals surface area (Å²) in [6.45, 7) is 5.00. The van der Waals surface area contributed by atoms with E-state index < -0.39 is 5.97 Å². The monoisotopic (exact) mass is 448 g/mol. The Balaban J connectivity index is 1.30. The van der Waals surface area contributed by atoms with E-state index in [-0.39, 0.29) is 6.42 Å². The summed E-state index contributed by atoms with van der Waals surface area (Å²) >= 11 is 0. The van der Waals surface area contributed by atoms with Crippen LogP contribution in [-0.2, 0) is 11.2 Å². The highest BCUT2D eigenvalue weighted by molar-refractivity contribution is 5.87. The first-order chi connectivity index (χ1) is 16.0. The number of aromatic nitrogens is 1. The SMILES string of the molecule is C[C@H]1CC[C@H]2C[C@@H]1C[C@H](N1[C@@H]3CC[C@H](C)[C@H]1C[C@@H](n1cc(CC(=O)O)c4ccccc41)C3)C2. The highest BCUT2D eigenvalue weighted by Gasteiger charge is 2.48. The Morgan fingerprint density at radius 1 is 0.909 bits per heavy atom. The molecule has 6 rings (SSSR count). The molecule has 2 saturated carbocycles. The van der Waals surface area contributed by atoms with Crippen LogP contribution in [0.15, 0.2) is 30.5 Å². The van der Waals surface area contributed by atoms with Crippen molar-refractivity contribution in [1.82, 2.24) is 9.47 Å². The quantitative estimate of drug-likeness (QED) is 0.598. The van der Waals surface area contributed by atoms with Crippen LogP contribution in [0.2, 0.25) is 0 Å². The van der Waals surface area contributed by atoms with Gasteiger partial charge in [-0.3, -0.25) is 9.69 Å². The van der Waals surface area contributed by atoms with Crippen LogP contribution in [0.3, 0.4) is 0 Å². The molecule has 4 aliphatic rings. The van der Waals surface area contributed by atoms with Crippen LogP contribution in [0.1, 0.15) is 83.2 Å². The van der Waals surface area contributed by atoms with Crippen molar-refractivity contribution >= 4 is 16.9 Å². The molecule has 33 heavy (non-hydrogen) atoms. The van der Waals surface area contributed by atoms with Crippen LogP contribution in [-0.4, -0.2) is 38.7 Å². The lowest BCUT2D eigenvalue weighted by Gasteiger charge is -2.57. The van der Waals surface area contributed by atoms with Gasteiger partial charge in [0.1, 0.15) is 0 Å². The molecule has 2 aromatic rings. The van der Waals surface area contributed by atoms with E-state index in [1.54, 1.807) is 0 Å². The summed E-state index contributed by atoms with van der Waals surface area (Å²) in [5.74, 6) is 2.84. The number of carbonyl (C=O) groups is 1. The summed E-state index contributed by atoms with van der Waals surface area (Å²) < 4.78 is 2.46. The van der Waals surface area contributed by atoms with E-state index in [1.165, 1.54) is 63.3 Å². The molecule has 2 aliphatic heterocycles. The van der Waals surface area contributed by atoms with Crippen molar-refractivity contribution in [3.8, 4) is 0 Å². The minimum atomic E-state index is -0.740. The second-order valence-electron chi connectivity index (χ2n) is 12.0. The van der Waals surface area contributed by atoms with Crippen molar-refractivity contribution in [2.24, 2.45) is 23.7 Å². The molecule has 1 aromatic carbocycles. The molecule has 0 radical (unpaired) electrons. The van der Waals surface area contributed by atoms with Crippen molar-refractivity contribution in [3.63, 3.8) is 0 Å². The van der Waals surface area contributed by atoms with Gasteiger partial charge >= 0.3 is 5.97 Å². The summed E-state index contributed by atoms with van der Waals surface area (Å²) in [6, 6.07) is 11.1. The van der Waals surface area contributed by atoms with Gasteiger partial charge in [-0.05, 0) is 80.2 Å². The number of hydrogen-bond donors (Lipinski definition) is 1. The summed E-state index contributed by atoms with van der Waals surface area (Å²) in [5.41, 5.74) is 2.19. The summed E-state index contributed by atoms with van der Waals surface area (Å²) in [7, 11) is 0. The van der Waals surface area contributed by atoms with Crippen molar-refractivity contribution in [2.45, 2.75) is 102 Å². The zero-order chi connectivity index (χ0) is 22.7. The van der Waals surface area contributed by atoms with Gasteiger partial charge in [-0.25, -0.2) is 0 Å². The Bertz CT molecular complexity index is 1030. The van der Waals surface area contributed by atoms with Crippen LogP contribution in [0.5, 0.6) is 0 Å². The van der Waals surface area contributed by atoms with E-state index in [9.17, 15) is 9.90 Å². The first-order valence-corrected chi connectivity index (χ1v) is 13.6. The maximum Gasteiger partial charge on any atom is 0.307 e. The summed E-state index contributed by atoms with van der Waals surface area (Å²) in [4.78, 5) is 14.5. The number of piperidine rings is 2. The van der Waals surface area contributed by atoms with Crippen molar-refractivity contribution in [2.75, 3.05) is 0 Å². The molecule has 0 amide bonds. The van der Waals surface area contributed by atoms with Gasteiger partial charge in [0.25, 0.3) is 0 Å². The van der Waals surface area contributed by atoms with Crippen LogP contribution in [0.4, 0.5) is 0 Å². The van der Waals surface area contributed by atoms with E-state index in [0.717, 1.165) is 40.7 Å². The van der Waals surface area contributed by atoms with Crippen LogP contribution in [0, 0.1) is 23.7 Å². The van der Waals surface area contributed by atoms with E-state index in [0.29, 0.717) is 18.1 Å². The fourth-order valence-electron chi connectivity index (χ4n) is 8.45. The molecule has 4 bridgehead atoms. The van der Waals surface area contributed by atoms with Crippen LogP contribution in [0.25, 0.3) is 10.9 Å². The molecule has 1 N–H and O–H groups in total. The lowest BCUT2D eigenvalue weighted by Crippen LogP contribution is -2.60. The standard InChI is InChI=1S/C29H40N2O2/c1-18-7-9-20-11-21(18)13-25(12-20)31-23-10-8-19(2)28(31)16-24(15-23)30-17-22(14-29(32)33)26-5-3-4-6-27(26)30/h3-6,17-21,23-25,28H,7-16H2,1-2H3,(H,32,33)/t18-,19-,20-,21+,23+,24-,25+,28+/m0/s1. The molecule has 2 aliphatic carbocycles. The fourth-order valence-corrected chi connectivity index (χ4v) is 8.45. The van der Waals surface area contributed by atoms with Crippen molar-refractivity contribution in [1.29, 1.82) is 0 Å². The molecule has 0 unspecified atom stereocenters. The first kappa shape index (κ1) is 21.7. The Kier molecular flexibility index (Phi) is 5.55. The maximum atomic E-state index is 11.5. The first-order valence-electron chi connectivity index (χ1n) is 13.6. The Morgan fingerprint density at radius 2 is 1.73 bits per heavy atom. The van der Waals surface area contributed by atoms with E-state index in [1.807, 2.05) is 6.07 Å². The molecule has 1 aromatic heterocycles. The van der Waals surface area contributed by atoms with Crippen LogP contribution >= 0.6 is 0 Å². The zero-order valence-corrected chi connectivity index (χ0v) is 20.3. The average molecular weight is 449 g/mol. The lowest BCUT2D eigenvalue weighted by atomic mass is 9.64. The topological polar surface area (TPSA) is 45.5 Å². The largest absolute Gasteiger partial charge is 0.481 e. The van der Waals surface area contributed by atoms with E-state index in [2.05, 4.69) is 47.7 Å². The fraction of sp³-hybridized carbons (Fsp3) is 0.690. The third kappa shape index (κ3) is 3.83. The molecule has 4 heteroatoms. The number of rotatable bonds is 4. The molecular weight excluding hydrogens is 408 g/mol.